The maximum absolute atomic E-state index is 6.22. The van der Waals surface area contributed by atoms with Crippen molar-refractivity contribution in [1.29, 1.82) is 0 Å². The second kappa shape index (κ2) is 4.30. The Morgan fingerprint density at radius 2 is 2.19 bits per heavy atom. The molecule has 16 heavy (non-hydrogen) atoms. The van der Waals surface area contributed by atoms with Crippen LogP contribution in [0.4, 0.5) is 5.82 Å². The van der Waals surface area contributed by atoms with Gasteiger partial charge in [0.2, 0.25) is 0 Å². The molecule has 0 unspecified atom stereocenters. The highest BCUT2D eigenvalue weighted by Gasteiger charge is 2.24. The van der Waals surface area contributed by atoms with Crippen LogP contribution in [0.2, 0.25) is 0 Å². The van der Waals surface area contributed by atoms with E-state index in [-0.39, 0.29) is 0 Å². The smallest absolute Gasteiger partial charge is 0.126 e. The van der Waals surface area contributed by atoms with Crippen LogP contribution in [0.25, 0.3) is 0 Å². The number of nitrogens with one attached hydrogen (secondary N) is 1. The molecule has 3 rings (SSSR count). The Balaban J connectivity index is 1.91. The summed E-state index contributed by atoms with van der Waals surface area (Å²) in [6.07, 6.45) is 3.39. The quantitative estimate of drug-likeness (QED) is 0.771. The topological polar surface area (TPSA) is 55.9 Å². The molecule has 0 spiro atoms. The van der Waals surface area contributed by atoms with Crippen molar-refractivity contribution < 1.29 is 0 Å². The van der Waals surface area contributed by atoms with Gasteiger partial charge >= 0.3 is 0 Å². The molecule has 1 aromatic heterocycles. The number of nitrogen functional groups attached to an aromatic ring is 1. The molecule has 0 radical (unpaired) electrons. The minimum absolute atomic E-state index is 0.511. The lowest BCUT2D eigenvalue weighted by Crippen LogP contribution is -2.30. The minimum atomic E-state index is 0.511. The molecule has 1 fully saturated rings. The summed E-state index contributed by atoms with van der Waals surface area (Å²) in [5, 5.41) is 8.10. The number of piperidine rings is 1. The zero-order chi connectivity index (χ0) is 11.0. The Labute approximate surface area is 100.0 Å². The number of nitrogens with zero attached hydrogens (tertiary/aromatic N) is 2. The van der Waals surface area contributed by atoms with E-state index in [0.717, 1.165) is 43.9 Å². The molecule has 0 amide bonds. The summed E-state index contributed by atoms with van der Waals surface area (Å²) in [5.41, 5.74) is 8.77. The van der Waals surface area contributed by atoms with E-state index in [1.807, 2.05) is 11.8 Å². The second-order valence-electron chi connectivity index (χ2n) is 4.54. The average molecular weight is 238 g/mol. The van der Waals surface area contributed by atoms with Gasteiger partial charge in [0.15, 0.2) is 0 Å². The highest BCUT2D eigenvalue weighted by Crippen LogP contribution is 2.32. The van der Waals surface area contributed by atoms with E-state index in [2.05, 4.69) is 10.00 Å². The van der Waals surface area contributed by atoms with Crippen LogP contribution in [0.1, 0.15) is 30.1 Å². The first-order valence-electron chi connectivity index (χ1n) is 6.00. The molecular formula is C11H18N4S. The van der Waals surface area contributed by atoms with Crippen LogP contribution in [0.5, 0.6) is 0 Å². The second-order valence-corrected chi connectivity index (χ2v) is 5.64. The number of aryl methyl sites for hydroxylation is 1. The van der Waals surface area contributed by atoms with Crippen LogP contribution >= 0.6 is 11.8 Å². The van der Waals surface area contributed by atoms with Crippen LogP contribution in [-0.2, 0) is 12.2 Å². The SMILES string of the molecule is Nc1c2c(nn1C1CCNCC1)CCSC2. The Morgan fingerprint density at radius 1 is 1.38 bits per heavy atom. The third-order valence-corrected chi connectivity index (χ3v) is 4.50. The van der Waals surface area contributed by atoms with Crippen molar-refractivity contribution in [3.05, 3.63) is 11.3 Å². The fourth-order valence-corrected chi connectivity index (χ4v) is 3.56. The zero-order valence-corrected chi connectivity index (χ0v) is 10.2. The lowest BCUT2D eigenvalue weighted by Gasteiger charge is -2.23. The normalized spacial score (nSPS) is 22.0. The number of nitrogens with two attached hydrogens (primary N) is 1. The van der Waals surface area contributed by atoms with Crippen LogP contribution in [0, 0.1) is 0 Å². The minimum Gasteiger partial charge on any atom is -0.384 e. The highest BCUT2D eigenvalue weighted by molar-refractivity contribution is 7.98. The van der Waals surface area contributed by atoms with Gasteiger partial charge in [-0.3, -0.25) is 0 Å². The van der Waals surface area contributed by atoms with Gasteiger partial charge in [-0.2, -0.15) is 16.9 Å². The molecule has 0 bridgehead atoms. The fourth-order valence-electron chi connectivity index (χ4n) is 2.56. The maximum atomic E-state index is 6.22. The van der Waals surface area contributed by atoms with Gasteiger partial charge in [0.25, 0.3) is 0 Å². The molecule has 1 saturated heterocycles. The van der Waals surface area contributed by atoms with Crippen molar-refractivity contribution in [2.45, 2.75) is 31.1 Å². The van der Waals surface area contributed by atoms with Gasteiger partial charge < -0.3 is 11.1 Å². The Morgan fingerprint density at radius 3 is 2.94 bits per heavy atom. The van der Waals surface area contributed by atoms with E-state index in [1.165, 1.54) is 17.0 Å². The molecule has 88 valence electrons. The number of thioether (sulfide) groups is 1. The molecule has 0 atom stereocenters. The number of aromatic nitrogens is 2. The van der Waals surface area contributed by atoms with Crippen molar-refractivity contribution in [2.75, 3.05) is 24.6 Å². The summed E-state index contributed by atoms with van der Waals surface area (Å²) >= 11 is 1.97. The fraction of sp³-hybridized carbons (Fsp3) is 0.727. The van der Waals surface area contributed by atoms with Crippen LogP contribution in [-0.4, -0.2) is 28.6 Å². The number of hydrogen-bond donors (Lipinski definition) is 2. The Kier molecular flexibility index (Phi) is 2.81. The third-order valence-electron chi connectivity index (χ3n) is 3.52. The predicted molar refractivity (Wildman–Crippen MR) is 67.6 cm³/mol. The molecular weight excluding hydrogens is 220 g/mol. The number of fused-ring (bicyclic) bond motifs is 1. The monoisotopic (exact) mass is 238 g/mol. The average Bonchev–Trinajstić information content (AvgIpc) is 2.69. The van der Waals surface area contributed by atoms with E-state index in [1.54, 1.807) is 0 Å². The van der Waals surface area contributed by atoms with Gasteiger partial charge in [-0.15, -0.1) is 0 Å². The first-order chi connectivity index (χ1) is 7.86. The van der Waals surface area contributed by atoms with Crippen molar-refractivity contribution in [3.63, 3.8) is 0 Å². The summed E-state index contributed by atoms with van der Waals surface area (Å²) in [6.45, 7) is 2.17. The highest BCUT2D eigenvalue weighted by atomic mass is 32.2. The van der Waals surface area contributed by atoms with E-state index in [0.29, 0.717) is 6.04 Å². The van der Waals surface area contributed by atoms with E-state index >= 15 is 0 Å². The summed E-state index contributed by atoms with van der Waals surface area (Å²) < 4.78 is 2.09. The van der Waals surface area contributed by atoms with Gasteiger partial charge in [-0.05, 0) is 31.7 Å². The van der Waals surface area contributed by atoms with Gasteiger partial charge in [0, 0.05) is 17.7 Å². The maximum Gasteiger partial charge on any atom is 0.126 e. The van der Waals surface area contributed by atoms with Crippen molar-refractivity contribution >= 4 is 17.6 Å². The molecule has 2 aliphatic heterocycles. The first kappa shape index (κ1) is 10.5. The largest absolute Gasteiger partial charge is 0.384 e. The van der Waals surface area contributed by atoms with Crippen molar-refractivity contribution in [1.82, 2.24) is 15.1 Å². The summed E-state index contributed by atoms with van der Waals surface area (Å²) in [4.78, 5) is 0. The molecule has 2 aliphatic rings. The molecule has 1 aromatic rings. The Hall–Kier alpha value is -0.680. The lowest BCUT2D eigenvalue weighted by molar-refractivity contribution is 0.345. The van der Waals surface area contributed by atoms with Gasteiger partial charge in [-0.25, -0.2) is 4.68 Å². The molecule has 0 aliphatic carbocycles. The number of rotatable bonds is 1. The van der Waals surface area contributed by atoms with Crippen LogP contribution in [0.3, 0.4) is 0 Å². The summed E-state index contributed by atoms with van der Waals surface area (Å²) in [6, 6.07) is 0.511. The molecule has 4 nitrogen and oxygen atoms in total. The molecule has 0 aromatic carbocycles. The van der Waals surface area contributed by atoms with Crippen molar-refractivity contribution in [2.24, 2.45) is 0 Å². The van der Waals surface area contributed by atoms with Crippen LogP contribution < -0.4 is 11.1 Å². The zero-order valence-electron chi connectivity index (χ0n) is 9.41. The molecule has 5 heteroatoms. The Bertz CT molecular complexity index is 382. The number of hydrogen-bond acceptors (Lipinski definition) is 4. The summed E-state index contributed by atoms with van der Waals surface area (Å²) in [7, 11) is 0. The third kappa shape index (κ3) is 1.72. The van der Waals surface area contributed by atoms with Gasteiger partial charge in [0.05, 0.1) is 11.7 Å². The number of anilines is 1. The predicted octanol–water partition coefficient (Wildman–Crippen LogP) is 1.18. The van der Waals surface area contributed by atoms with Gasteiger partial charge in [-0.1, -0.05) is 0 Å². The standard InChI is InChI=1S/C11H18N4S/c12-11-9-7-16-6-3-10(9)14-15(11)8-1-4-13-5-2-8/h8,13H,1-7,12H2. The molecule has 0 saturated carbocycles. The molecule has 3 heterocycles. The van der Waals surface area contributed by atoms with E-state index < -0.39 is 0 Å². The molecule has 3 N–H and O–H groups in total. The van der Waals surface area contributed by atoms with Crippen molar-refractivity contribution in [3.8, 4) is 0 Å². The summed E-state index contributed by atoms with van der Waals surface area (Å²) in [5.74, 6) is 3.16. The van der Waals surface area contributed by atoms with E-state index in [9.17, 15) is 0 Å². The van der Waals surface area contributed by atoms with Crippen LogP contribution in [0.15, 0.2) is 0 Å². The van der Waals surface area contributed by atoms with E-state index in [4.69, 9.17) is 10.8 Å². The van der Waals surface area contributed by atoms with Gasteiger partial charge in [0.1, 0.15) is 5.82 Å². The lowest BCUT2D eigenvalue weighted by atomic mass is 10.1. The first-order valence-corrected chi connectivity index (χ1v) is 7.16.